The van der Waals surface area contributed by atoms with Gasteiger partial charge in [-0.05, 0) is 43.9 Å². The molecular formula is C19H26N2O5S. The van der Waals surface area contributed by atoms with Crippen LogP contribution in [0.2, 0.25) is 0 Å². The number of rotatable bonds is 7. The van der Waals surface area contributed by atoms with Gasteiger partial charge in [0, 0.05) is 25.2 Å². The van der Waals surface area contributed by atoms with Gasteiger partial charge in [0.25, 0.3) is 5.91 Å². The normalized spacial score (nSPS) is 19.6. The number of hydrogen-bond acceptors (Lipinski definition) is 4. The van der Waals surface area contributed by atoms with Gasteiger partial charge in [-0.3, -0.25) is 9.59 Å². The Bertz CT molecular complexity index is 826. The molecule has 2 aliphatic rings. The molecule has 0 saturated heterocycles. The van der Waals surface area contributed by atoms with Crippen LogP contribution in [0.25, 0.3) is 0 Å². The Morgan fingerprint density at radius 2 is 1.89 bits per heavy atom. The van der Waals surface area contributed by atoms with Crippen LogP contribution in [0.1, 0.15) is 55.3 Å². The summed E-state index contributed by atoms with van der Waals surface area (Å²) in [5, 5.41) is 11.8. The Hall–Kier alpha value is -1.93. The van der Waals surface area contributed by atoms with E-state index in [4.69, 9.17) is 0 Å². The minimum atomic E-state index is -3.68. The number of nitrogens with zero attached hydrogens (tertiary/aromatic N) is 1. The third-order valence-corrected chi connectivity index (χ3v) is 7.66. The molecule has 3 rings (SSSR count). The van der Waals surface area contributed by atoms with Gasteiger partial charge in [0.05, 0.1) is 10.3 Å². The highest BCUT2D eigenvalue weighted by atomic mass is 32.2. The molecule has 27 heavy (non-hydrogen) atoms. The number of carboxylic acid groups (broad SMARTS) is 1. The van der Waals surface area contributed by atoms with Gasteiger partial charge in [-0.2, -0.15) is 4.31 Å². The number of amides is 1. The van der Waals surface area contributed by atoms with Crippen LogP contribution >= 0.6 is 0 Å². The Morgan fingerprint density at radius 1 is 1.22 bits per heavy atom. The van der Waals surface area contributed by atoms with Crippen LogP contribution in [0, 0.1) is 5.41 Å². The molecule has 2 N–H and O–H groups in total. The second-order valence-corrected chi connectivity index (χ2v) is 9.61. The van der Waals surface area contributed by atoms with Crippen molar-refractivity contribution in [3.8, 4) is 0 Å². The second-order valence-electron chi connectivity index (χ2n) is 7.61. The number of nitrogens with one attached hydrogen (secondary N) is 1. The Kier molecular flexibility index (Phi) is 5.58. The molecule has 0 aromatic heterocycles. The summed E-state index contributed by atoms with van der Waals surface area (Å²) in [6.45, 7) is 0.0557. The van der Waals surface area contributed by atoms with Gasteiger partial charge in [-0.25, -0.2) is 8.42 Å². The average Bonchev–Trinajstić information content (AvgIpc) is 3.47. The van der Waals surface area contributed by atoms with Gasteiger partial charge in [-0.15, -0.1) is 0 Å². The zero-order chi connectivity index (χ0) is 19.7. The summed E-state index contributed by atoms with van der Waals surface area (Å²) in [5.74, 6) is -1.37. The SMILES string of the molecule is CN(C1CCCCC1)S(=O)(=O)c1cccc(C(=O)NCC2(C(=O)O)CC2)c1. The molecule has 1 aromatic rings. The molecule has 0 bridgehead atoms. The minimum absolute atomic E-state index is 0.00785. The van der Waals surface area contributed by atoms with Crippen molar-refractivity contribution < 1.29 is 23.1 Å². The maximum absolute atomic E-state index is 12.9. The van der Waals surface area contributed by atoms with Gasteiger partial charge in [-0.1, -0.05) is 25.3 Å². The third-order valence-electron chi connectivity index (χ3n) is 5.76. The number of carbonyl (C=O) groups is 2. The summed E-state index contributed by atoms with van der Waals surface area (Å²) in [6, 6.07) is 5.93. The van der Waals surface area contributed by atoms with Gasteiger partial charge >= 0.3 is 5.97 Å². The highest BCUT2D eigenvalue weighted by Gasteiger charge is 2.50. The molecule has 2 fully saturated rings. The molecule has 0 radical (unpaired) electrons. The van der Waals surface area contributed by atoms with Crippen LogP contribution in [0.3, 0.4) is 0 Å². The predicted octanol–water partition coefficient (Wildman–Crippen LogP) is 2.23. The standard InChI is InChI=1S/C19H26N2O5S/c1-21(15-7-3-2-4-8-15)27(25,26)16-9-5-6-14(12-16)17(22)20-13-19(10-11-19)18(23)24/h5-6,9,12,15H,2-4,7-8,10-11,13H2,1H3,(H,20,22)(H,23,24). The van der Waals surface area contributed by atoms with Crippen LogP contribution < -0.4 is 5.32 Å². The molecule has 2 saturated carbocycles. The first kappa shape index (κ1) is 19.8. The summed E-state index contributed by atoms with van der Waals surface area (Å²) in [7, 11) is -2.08. The van der Waals surface area contributed by atoms with Crippen LogP contribution in [-0.4, -0.2) is 49.3 Å². The van der Waals surface area contributed by atoms with Crippen molar-refractivity contribution in [2.24, 2.45) is 5.41 Å². The first-order valence-electron chi connectivity index (χ1n) is 9.36. The number of carbonyl (C=O) groups excluding carboxylic acids is 1. The van der Waals surface area contributed by atoms with E-state index in [0.717, 1.165) is 32.1 Å². The average molecular weight is 394 g/mol. The lowest BCUT2D eigenvalue weighted by Gasteiger charge is -2.30. The molecule has 0 unspecified atom stereocenters. The largest absolute Gasteiger partial charge is 0.481 e. The van der Waals surface area contributed by atoms with E-state index in [9.17, 15) is 23.1 Å². The quantitative estimate of drug-likeness (QED) is 0.738. The third kappa shape index (κ3) is 4.16. The summed E-state index contributed by atoms with van der Waals surface area (Å²) in [6.07, 6.45) is 5.99. The maximum atomic E-state index is 12.9. The predicted molar refractivity (Wildman–Crippen MR) is 99.9 cm³/mol. The van der Waals surface area contributed by atoms with E-state index in [0.29, 0.717) is 12.8 Å². The number of hydrogen-bond donors (Lipinski definition) is 2. The van der Waals surface area contributed by atoms with Crippen LogP contribution in [-0.2, 0) is 14.8 Å². The fourth-order valence-electron chi connectivity index (χ4n) is 3.57. The van der Waals surface area contributed by atoms with Crippen molar-refractivity contribution in [1.82, 2.24) is 9.62 Å². The molecular weight excluding hydrogens is 368 g/mol. The van der Waals surface area contributed by atoms with E-state index in [1.165, 1.54) is 22.5 Å². The highest BCUT2D eigenvalue weighted by Crippen LogP contribution is 2.45. The zero-order valence-corrected chi connectivity index (χ0v) is 16.3. The van der Waals surface area contributed by atoms with Gasteiger partial charge in [0.1, 0.15) is 0 Å². The lowest BCUT2D eigenvalue weighted by Crippen LogP contribution is -2.38. The van der Waals surface area contributed by atoms with Crippen molar-refractivity contribution in [2.45, 2.75) is 55.9 Å². The van der Waals surface area contributed by atoms with E-state index < -0.39 is 27.3 Å². The fraction of sp³-hybridized carbons (Fsp3) is 0.579. The topological polar surface area (TPSA) is 104 Å². The summed E-state index contributed by atoms with van der Waals surface area (Å²) in [4.78, 5) is 23.7. The number of aliphatic carboxylic acids is 1. The Balaban J connectivity index is 1.72. The summed E-state index contributed by atoms with van der Waals surface area (Å²) < 4.78 is 27.3. The molecule has 1 aromatic carbocycles. The smallest absolute Gasteiger partial charge is 0.311 e. The first-order chi connectivity index (χ1) is 12.8. The van der Waals surface area contributed by atoms with Crippen molar-refractivity contribution in [2.75, 3.05) is 13.6 Å². The lowest BCUT2D eigenvalue weighted by molar-refractivity contribution is -0.143. The minimum Gasteiger partial charge on any atom is -0.481 e. The lowest BCUT2D eigenvalue weighted by atomic mass is 9.96. The highest BCUT2D eigenvalue weighted by molar-refractivity contribution is 7.89. The van der Waals surface area contributed by atoms with E-state index >= 15 is 0 Å². The molecule has 0 atom stereocenters. The molecule has 0 heterocycles. The van der Waals surface area contributed by atoms with Gasteiger partial charge < -0.3 is 10.4 Å². The molecule has 8 heteroatoms. The van der Waals surface area contributed by atoms with E-state index in [2.05, 4.69) is 5.32 Å². The number of benzene rings is 1. The van der Waals surface area contributed by atoms with Crippen LogP contribution in [0.15, 0.2) is 29.2 Å². The van der Waals surface area contributed by atoms with Gasteiger partial charge in [0.15, 0.2) is 0 Å². The van der Waals surface area contributed by atoms with Crippen LogP contribution in [0.5, 0.6) is 0 Å². The second kappa shape index (κ2) is 7.59. The van der Waals surface area contributed by atoms with E-state index in [-0.39, 0.29) is 23.0 Å². The zero-order valence-electron chi connectivity index (χ0n) is 15.5. The summed E-state index contributed by atoms with van der Waals surface area (Å²) >= 11 is 0. The molecule has 7 nitrogen and oxygen atoms in total. The van der Waals surface area contributed by atoms with Crippen molar-refractivity contribution in [3.63, 3.8) is 0 Å². The summed E-state index contributed by atoms with van der Waals surface area (Å²) in [5.41, 5.74) is -0.644. The molecule has 0 aliphatic heterocycles. The molecule has 1 amide bonds. The monoisotopic (exact) mass is 394 g/mol. The maximum Gasteiger partial charge on any atom is 0.311 e. The van der Waals surface area contributed by atoms with E-state index in [1.807, 2.05) is 0 Å². The fourth-order valence-corrected chi connectivity index (χ4v) is 5.04. The Morgan fingerprint density at radius 3 is 2.48 bits per heavy atom. The number of carboxylic acids is 1. The van der Waals surface area contributed by atoms with E-state index in [1.54, 1.807) is 13.1 Å². The molecule has 2 aliphatic carbocycles. The van der Waals surface area contributed by atoms with Crippen molar-refractivity contribution >= 4 is 21.9 Å². The van der Waals surface area contributed by atoms with Gasteiger partial charge in [0.2, 0.25) is 10.0 Å². The van der Waals surface area contributed by atoms with Crippen LogP contribution in [0.4, 0.5) is 0 Å². The van der Waals surface area contributed by atoms with Crippen molar-refractivity contribution in [3.05, 3.63) is 29.8 Å². The molecule has 148 valence electrons. The Labute approximate surface area is 159 Å². The number of sulfonamides is 1. The molecule has 0 spiro atoms. The first-order valence-corrected chi connectivity index (χ1v) is 10.8. The van der Waals surface area contributed by atoms with Crippen molar-refractivity contribution in [1.29, 1.82) is 0 Å².